The molecule has 3 rings (SSSR count). The fourth-order valence-corrected chi connectivity index (χ4v) is 2.97. The van der Waals surface area contributed by atoms with Crippen LogP contribution in [0.1, 0.15) is 17.6 Å². The Morgan fingerprint density at radius 1 is 1.09 bits per heavy atom. The van der Waals surface area contributed by atoms with Crippen LogP contribution in [0.25, 0.3) is 0 Å². The van der Waals surface area contributed by atoms with E-state index in [1.165, 1.54) is 10.8 Å². The van der Waals surface area contributed by atoms with Crippen LogP contribution in [0.2, 0.25) is 0 Å². The van der Waals surface area contributed by atoms with Gasteiger partial charge in [0.1, 0.15) is 0 Å². The van der Waals surface area contributed by atoms with E-state index in [4.69, 9.17) is 0 Å². The van der Waals surface area contributed by atoms with Crippen molar-refractivity contribution < 1.29 is 9.90 Å². The van der Waals surface area contributed by atoms with Gasteiger partial charge in [-0.2, -0.15) is 12.6 Å². The van der Waals surface area contributed by atoms with Crippen molar-refractivity contribution in [3.63, 3.8) is 0 Å². The van der Waals surface area contributed by atoms with E-state index in [9.17, 15) is 19.5 Å². The van der Waals surface area contributed by atoms with Gasteiger partial charge in [0, 0.05) is 12.3 Å². The third-order valence-electron chi connectivity index (χ3n) is 3.81. The summed E-state index contributed by atoms with van der Waals surface area (Å²) in [7, 11) is 0. The van der Waals surface area contributed by atoms with Gasteiger partial charge in [0.25, 0.3) is 0 Å². The smallest absolute Gasteiger partial charge is 0.348 e. The topological polar surface area (TPSA) is 86.2 Å². The van der Waals surface area contributed by atoms with Gasteiger partial charge in [-0.15, -0.1) is 0 Å². The maximum absolute atomic E-state index is 12.6. The monoisotopic (exact) mass is 333 g/mol. The predicted octanol–water partition coefficient (Wildman–Crippen LogP) is 0.526. The van der Waals surface area contributed by atoms with Gasteiger partial charge < -0.3 is 5.11 Å². The lowest BCUT2D eigenvalue weighted by Gasteiger charge is -2.24. The van der Waals surface area contributed by atoms with E-state index in [2.05, 4.69) is 12.6 Å². The van der Waals surface area contributed by atoms with Crippen molar-refractivity contribution in [3.05, 3.63) is 69.0 Å². The van der Waals surface area contributed by atoms with Crippen LogP contribution in [0.15, 0.2) is 52.1 Å². The molecule has 0 aliphatic carbocycles. The zero-order chi connectivity index (χ0) is 16.6. The minimum atomic E-state index is -1.20. The summed E-state index contributed by atoms with van der Waals surface area (Å²) in [6, 6.07) is 7.43. The van der Waals surface area contributed by atoms with Gasteiger partial charge in [-0.3, -0.25) is 0 Å². The van der Waals surface area contributed by atoms with Crippen LogP contribution in [0, 0.1) is 0 Å². The molecule has 0 bridgehead atoms. The third kappa shape index (κ3) is 2.44. The molecule has 0 radical (unpaired) electrons. The fourth-order valence-electron chi connectivity index (χ4n) is 2.77. The van der Waals surface area contributed by atoms with Crippen LogP contribution in [0.3, 0.4) is 0 Å². The van der Waals surface area contributed by atoms with Crippen LogP contribution in [0.4, 0.5) is 0 Å². The minimum Gasteiger partial charge on any atom is -0.479 e. The Bertz CT molecular complexity index is 878. The second-order valence-corrected chi connectivity index (χ2v) is 5.60. The van der Waals surface area contributed by atoms with Crippen molar-refractivity contribution >= 4 is 18.6 Å². The van der Waals surface area contributed by atoms with E-state index < -0.39 is 29.4 Å². The average Bonchev–Trinajstić information content (AvgIpc) is 2.81. The summed E-state index contributed by atoms with van der Waals surface area (Å²) >= 11 is 4.05. The second-order valence-electron chi connectivity index (χ2n) is 5.15. The number of allylic oxidation sites excluding steroid dienone is 1. The second kappa shape index (κ2) is 5.96. The van der Waals surface area contributed by atoms with Crippen molar-refractivity contribution in [1.29, 1.82) is 0 Å². The normalized spacial score (nSPS) is 19.5. The van der Waals surface area contributed by atoms with Gasteiger partial charge in [0.15, 0.2) is 6.04 Å². The first kappa shape index (κ1) is 15.4. The number of carbonyl (C=O) groups is 1. The molecule has 2 aromatic rings. The maximum Gasteiger partial charge on any atom is 0.348 e. The number of nitrogens with zero attached hydrogens (tertiary/aromatic N) is 3. The Balaban J connectivity index is 2.27. The van der Waals surface area contributed by atoms with Crippen LogP contribution < -0.4 is 11.4 Å². The number of carboxylic acids is 1. The Morgan fingerprint density at radius 2 is 1.74 bits per heavy atom. The van der Waals surface area contributed by atoms with Crippen LogP contribution >= 0.6 is 12.6 Å². The molecule has 1 N–H and O–H groups in total. The lowest BCUT2D eigenvalue weighted by Crippen LogP contribution is -2.38. The molecule has 0 unspecified atom stereocenters. The Hall–Kier alpha value is -2.48. The SMILES string of the molecule is O=C(O)[C@H]1C=C[C@H](c2ccccc2)n2c(=O)n(CCS)c(=O)n21. The zero-order valence-corrected chi connectivity index (χ0v) is 13.0. The molecule has 0 amide bonds. The van der Waals surface area contributed by atoms with Gasteiger partial charge in [-0.1, -0.05) is 42.5 Å². The fraction of sp³-hybridized carbons (Fsp3) is 0.267. The summed E-state index contributed by atoms with van der Waals surface area (Å²) in [5.41, 5.74) is -0.373. The number of carboxylic acid groups (broad SMARTS) is 1. The largest absolute Gasteiger partial charge is 0.479 e. The first-order valence-electron chi connectivity index (χ1n) is 7.07. The summed E-state index contributed by atoms with van der Waals surface area (Å²) in [5, 5.41) is 9.35. The van der Waals surface area contributed by atoms with Gasteiger partial charge in [-0.05, 0) is 5.56 Å². The van der Waals surface area contributed by atoms with Gasteiger partial charge in [0.2, 0.25) is 0 Å². The van der Waals surface area contributed by atoms with Gasteiger partial charge in [0.05, 0.1) is 6.04 Å². The average molecular weight is 333 g/mol. The molecular weight excluding hydrogens is 318 g/mol. The highest BCUT2D eigenvalue weighted by Gasteiger charge is 2.32. The van der Waals surface area contributed by atoms with E-state index in [1.807, 2.05) is 30.3 Å². The Kier molecular flexibility index (Phi) is 3.99. The van der Waals surface area contributed by atoms with E-state index >= 15 is 0 Å². The van der Waals surface area contributed by atoms with E-state index in [0.29, 0.717) is 5.75 Å². The van der Waals surface area contributed by atoms with Gasteiger partial charge >= 0.3 is 17.3 Å². The summed E-state index contributed by atoms with van der Waals surface area (Å²) in [6.45, 7) is 0.127. The summed E-state index contributed by atoms with van der Waals surface area (Å²) < 4.78 is 3.23. The minimum absolute atomic E-state index is 0.127. The lowest BCUT2D eigenvalue weighted by molar-refractivity contribution is -0.140. The Labute approximate surface area is 136 Å². The molecule has 0 spiro atoms. The van der Waals surface area contributed by atoms with Crippen molar-refractivity contribution in [2.75, 3.05) is 5.75 Å². The molecule has 1 aromatic carbocycles. The molecule has 1 aliphatic heterocycles. The molecule has 0 saturated carbocycles. The molecule has 2 heterocycles. The van der Waals surface area contributed by atoms with Crippen LogP contribution in [-0.4, -0.2) is 30.8 Å². The number of hydrogen-bond donors (Lipinski definition) is 2. The molecule has 8 heteroatoms. The van der Waals surface area contributed by atoms with Crippen molar-refractivity contribution in [2.45, 2.75) is 18.6 Å². The highest BCUT2D eigenvalue weighted by atomic mass is 32.1. The number of rotatable bonds is 4. The highest BCUT2D eigenvalue weighted by Crippen LogP contribution is 2.24. The van der Waals surface area contributed by atoms with E-state index in [0.717, 1.165) is 14.8 Å². The number of fused-ring (bicyclic) bond motifs is 1. The van der Waals surface area contributed by atoms with Crippen molar-refractivity contribution in [2.24, 2.45) is 0 Å². The van der Waals surface area contributed by atoms with E-state index in [1.54, 1.807) is 6.08 Å². The Morgan fingerprint density at radius 3 is 2.35 bits per heavy atom. The number of aromatic nitrogens is 3. The number of thiol groups is 1. The first-order valence-corrected chi connectivity index (χ1v) is 7.70. The molecule has 0 fully saturated rings. The highest BCUT2D eigenvalue weighted by molar-refractivity contribution is 7.80. The number of benzene rings is 1. The summed E-state index contributed by atoms with van der Waals surface area (Å²) in [5.74, 6) is -0.882. The molecule has 1 aromatic heterocycles. The maximum atomic E-state index is 12.6. The lowest BCUT2D eigenvalue weighted by atomic mass is 10.0. The summed E-state index contributed by atoms with van der Waals surface area (Å²) in [6.07, 6.45) is 3.08. The third-order valence-corrected chi connectivity index (χ3v) is 4.01. The molecule has 120 valence electrons. The molecule has 2 atom stereocenters. The van der Waals surface area contributed by atoms with Crippen LogP contribution in [0.5, 0.6) is 0 Å². The van der Waals surface area contributed by atoms with Crippen LogP contribution in [-0.2, 0) is 11.3 Å². The number of aliphatic carboxylic acids is 1. The molecular formula is C15H15N3O4S. The van der Waals surface area contributed by atoms with Gasteiger partial charge in [-0.25, -0.2) is 28.3 Å². The van der Waals surface area contributed by atoms with Crippen molar-refractivity contribution in [1.82, 2.24) is 13.9 Å². The molecule has 7 nitrogen and oxygen atoms in total. The molecule has 0 saturated heterocycles. The van der Waals surface area contributed by atoms with Crippen molar-refractivity contribution in [3.8, 4) is 0 Å². The quantitative estimate of drug-likeness (QED) is 0.631. The first-order chi connectivity index (χ1) is 11.1. The number of hydrogen-bond acceptors (Lipinski definition) is 4. The molecule has 1 aliphatic rings. The standard InChI is InChI=1S/C15H15N3O4S/c19-13(20)12-7-6-11(10-4-2-1-3-5-10)17-14(21)16(8-9-23)15(22)18(12)17/h1-7,11-12,23H,8-9H2,(H,19,20)/t11-,12-/m1/s1. The van der Waals surface area contributed by atoms with E-state index in [-0.39, 0.29) is 6.54 Å². The molecule has 23 heavy (non-hydrogen) atoms. The zero-order valence-electron chi connectivity index (χ0n) is 12.1. The predicted molar refractivity (Wildman–Crippen MR) is 87.2 cm³/mol. The summed E-state index contributed by atoms with van der Waals surface area (Å²) in [4.78, 5) is 36.6.